The van der Waals surface area contributed by atoms with Crippen LogP contribution in [0.4, 0.5) is 0 Å². The molecule has 1 aliphatic heterocycles. The third kappa shape index (κ3) is 3.71. The molecule has 1 aliphatic rings. The number of hydrogen-bond acceptors (Lipinski definition) is 2. The number of likely N-dealkylation sites (tertiary alicyclic amines) is 1. The molecule has 1 heterocycles. The highest BCUT2D eigenvalue weighted by molar-refractivity contribution is 6.29. The summed E-state index contributed by atoms with van der Waals surface area (Å²) in [5, 5.41) is 0. The minimum atomic E-state index is 0.673. The van der Waals surface area contributed by atoms with E-state index in [2.05, 4.69) is 32.6 Å². The summed E-state index contributed by atoms with van der Waals surface area (Å²) in [7, 11) is 0.673. The van der Waals surface area contributed by atoms with E-state index in [1.807, 2.05) is 0 Å². The molecule has 0 saturated carbocycles. The van der Waals surface area contributed by atoms with Gasteiger partial charge < -0.3 is 9.33 Å². The molecule has 3 heteroatoms. The van der Waals surface area contributed by atoms with E-state index < -0.39 is 0 Å². The summed E-state index contributed by atoms with van der Waals surface area (Å²) >= 11 is 0. The van der Waals surface area contributed by atoms with Crippen LogP contribution in [0.3, 0.4) is 0 Å². The van der Waals surface area contributed by atoms with Crippen molar-refractivity contribution < 1.29 is 4.43 Å². The molecule has 0 bridgehead atoms. The van der Waals surface area contributed by atoms with Gasteiger partial charge in [-0.1, -0.05) is 13.8 Å². The van der Waals surface area contributed by atoms with Gasteiger partial charge in [-0.05, 0) is 31.7 Å². The first-order valence-corrected chi connectivity index (χ1v) is 6.73. The Morgan fingerprint density at radius 3 is 2.71 bits per heavy atom. The third-order valence-corrected chi connectivity index (χ3v) is 3.89. The van der Waals surface area contributed by atoms with Gasteiger partial charge in [0.05, 0.1) is 0 Å². The normalized spacial score (nSPS) is 30.9. The van der Waals surface area contributed by atoms with Crippen LogP contribution in [-0.4, -0.2) is 40.4 Å². The third-order valence-electron chi connectivity index (χ3n) is 2.85. The van der Waals surface area contributed by atoms with E-state index in [0.29, 0.717) is 15.3 Å². The molecule has 0 aromatic carbocycles. The summed E-state index contributed by atoms with van der Waals surface area (Å²) in [4.78, 5) is 2.61. The monoisotopic (exact) mass is 213 g/mol. The lowest BCUT2D eigenvalue weighted by Gasteiger charge is -2.24. The average molecular weight is 213 g/mol. The summed E-state index contributed by atoms with van der Waals surface area (Å²) in [5.41, 5.74) is 0.697. The molecule has 0 N–H and O–H groups in total. The van der Waals surface area contributed by atoms with Crippen molar-refractivity contribution >= 4 is 9.76 Å². The fourth-order valence-corrected chi connectivity index (χ4v) is 3.02. The first-order valence-electron chi connectivity index (χ1n) is 5.74. The Labute approximate surface area is 91.0 Å². The second-order valence-corrected chi connectivity index (χ2v) is 6.11. The molecule has 14 heavy (non-hydrogen) atoms. The van der Waals surface area contributed by atoms with Gasteiger partial charge in [0.2, 0.25) is 9.76 Å². The van der Waals surface area contributed by atoms with Crippen molar-refractivity contribution in [3.05, 3.63) is 0 Å². The zero-order valence-corrected chi connectivity index (χ0v) is 10.9. The fourth-order valence-electron chi connectivity index (χ4n) is 2.26. The Kier molecular flexibility index (Phi) is 5.13. The molecule has 2 radical (unpaired) electrons. The zero-order chi connectivity index (χ0) is 10.6. The molecule has 0 aliphatic carbocycles. The first-order chi connectivity index (χ1) is 6.63. The minimum absolute atomic E-state index is 0.673. The maximum Gasteiger partial charge on any atom is 0.234 e. The van der Waals surface area contributed by atoms with Gasteiger partial charge in [-0.25, -0.2) is 0 Å². The second-order valence-electron chi connectivity index (χ2n) is 4.60. The van der Waals surface area contributed by atoms with E-state index in [-0.39, 0.29) is 0 Å². The molecule has 3 atom stereocenters. The highest BCUT2D eigenvalue weighted by Gasteiger charge is 2.26. The van der Waals surface area contributed by atoms with Crippen LogP contribution in [0.15, 0.2) is 0 Å². The van der Waals surface area contributed by atoms with Crippen LogP contribution in [0.5, 0.6) is 0 Å². The first kappa shape index (κ1) is 12.2. The predicted molar refractivity (Wildman–Crippen MR) is 61.6 cm³/mol. The Hall–Kier alpha value is 0.137. The van der Waals surface area contributed by atoms with Crippen LogP contribution >= 0.6 is 0 Å². The van der Waals surface area contributed by atoms with Gasteiger partial charge in [0, 0.05) is 25.7 Å². The molecule has 3 unspecified atom stereocenters. The van der Waals surface area contributed by atoms with Crippen molar-refractivity contribution in [2.24, 2.45) is 5.92 Å². The molecule has 1 fully saturated rings. The quantitative estimate of drug-likeness (QED) is 0.649. The van der Waals surface area contributed by atoms with Crippen molar-refractivity contribution in [3.63, 3.8) is 0 Å². The summed E-state index contributed by atoms with van der Waals surface area (Å²) < 4.78 is 5.47. The van der Waals surface area contributed by atoms with Crippen molar-refractivity contribution in [3.8, 4) is 0 Å². The summed E-state index contributed by atoms with van der Waals surface area (Å²) in [5.74, 6) is 0.882. The second kappa shape index (κ2) is 5.88. The number of hydrogen-bond donors (Lipinski definition) is 0. The Bertz CT molecular complexity index is 165. The van der Waals surface area contributed by atoms with E-state index in [1.165, 1.54) is 19.5 Å². The molecule has 0 spiro atoms. The van der Waals surface area contributed by atoms with E-state index in [1.54, 1.807) is 0 Å². The fraction of sp³-hybridized carbons (Fsp3) is 1.00. The van der Waals surface area contributed by atoms with Crippen LogP contribution in [0.1, 0.15) is 34.1 Å². The number of nitrogens with zero attached hydrogens (tertiary/aromatic N) is 1. The highest BCUT2D eigenvalue weighted by Crippen LogP contribution is 2.23. The van der Waals surface area contributed by atoms with Crippen molar-refractivity contribution in [1.29, 1.82) is 0 Å². The van der Waals surface area contributed by atoms with Crippen LogP contribution in [0.2, 0.25) is 5.54 Å². The largest absolute Gasteiger partial charge is 0.417 e. The van der Waals surface area contributed by atoms with E-state index >= 15 is 0 Å². The molecular formula is C11H23NOSi. The average Bonchev–Trinajstić information content (AvgIpc) is 2.42. The molecule has 0 amide bonds. The molecular weight excluding hydrogens is 190 g/mol. The zero-order valence-electron chi connectivity index (χ0n) is 9.92. The molecule has 1 rings (SSSR count). The van der Waals surface area contributed by atoms with Gasteiger partial charge >= 0.3 is 0 Å². The smallest absolute Gasteiger partial charge is 0.234 e. The SMILES string of the molecule is CCO[Si]C(C)CN1CC(C)CC1C. The van der Waals surface area contributed by atoms with Crippen molar-refractivity contribution in [2.75, 3.05) is 19.7 Å². The predicted octanol–water partition coefficient (Wildman–Crippen LogP) is 2.18. The standard InChI is InChI=1S/C11H23NOSi/c1-5-13-14-11(4)8-12-7-9(2)6-10(12)3/h9-11H,5-8H2,1-4H3. The van der Waals surface area contributed by atoms with Crippen LogP contribution in [-0.2, 0) is 4.43 Å². The molecule has 1 saturated heterocycles. The summed E-state index contributed by atoms with van der Waals surface area (Å²) in [6.45, 7) is 12.4. The Morgan fingerprint density at radius 2 is 2.21 bits per heavy atom. The summed E-state index contributed by atoms with van der Waals surface area (Å²) in [6, 6.07) is 0.777. The van der Waals surface area contributed by atoms with Gasteiger partial charge in [-0.3, -0.25) is 0 Å². The lowest BCUT2D eigenvalue weighted by molar-refractivity contribution is 0.257. The molecule has 82 valence electrons. The number of rotatable bonds is 5. The Balaban J connectivity index is 2.22. The molecule has 0 aromatic heterocycles. The maximum atomic E-state index is 5.47. The minimum Gasteiger partial charge on any atom is -0.417 e. The van der Waals surface area contributed by atoms with Crippen LogP contribution in [0.25, 0.3) is 0 Å². The van der Waals surface area contributed by atoms with E-state index in [9.17, 15) is 0 Å². The van der Waals surface area contributed by atoms with E-state index in [0.717, 1.165) is 18.6 Å². The van der Waals surface area contributed by atoms with Gasteiger partial charge in [0.15, 0.2) is 0 Å². The molecule has 2 nitrogen and oxygen atoms in total. The van der Waals surface area contributed by atoms with Crippen LogP contribution < -0.4 is 0 Å². The lowest BCUT2D eigenvalue weighted by atomic mass is 10.1. The van der Waals surface area contributed by atoms with Crippen LogP contribution in [0, 0.1) is 5.92 Å². The lowest BCUT2D eigenvalue weighted by Crippen LogP contribution is -2.31. The highest BCUT2D eigenvalue weighted by atomic mass is 28.2. The Morgan fingerprint density at radius 1 is 1.50 bits per heavy atom. The topological polar surface area (TPSA) is 12.5 Å². The van der Waals surface area contributed by atoms with Crippen molar-refractivity contribution in [2.45, 2.75) is 45.7 Å². The van der Waals surface area contributed by atoms with E-state index in [4.69, 9.17) is 4.43 Å². The molecule has 0 aromatic rings. The van der Waals surface area contributed by atoms with Gasteiger partial charge in [0.1, 0.15) is 0 Å². The van der Waals surface area contributed by atoms with Gasteiger partial charge in [-0.2, -0.15) is 0 Å². The van der Waals surface area contributed by atoms with Crippen molar-refractivity contribution in [1.82, 2.24) is 4.90 Å². The maximum absolute atomic E-state index is 5.47. The summed E-state index contributed by atoms with van der Waals surface area (Å²) in [6.07, 6.45) is 1.37. The van der Waals surface area contributed by atoms with Gasteiger partial charge in [0.25, 0.3) is 0 Å². The van der Waals surface area contributed by atoms with Gasteiger partial charge in [-0.15, -0.1) is 0 Å².